The van der Waals surface area contributed by atoms with E-state index in [1.54, 1.807) is 18.1 Å². The predicted octanol–water partition coefficient (Wildman–Crippen LogP) is 0.744. The number of benzene rings is 1. The first-order valence-electron chi connectivity index (χ1n) is 8.43. The van der Waals surface area contributed by atoms with Crippen molar-refractivity contribution >= 4 is 5.91 Å². The molecule has 8 nitrogen and oxygen atoms in total. The number of ether oxygens (including phenoxy) is 2. The van der Waals surface area contributed by atoms with Crippen LogP contribution < -0.4 is 9.47 Å². The number of H-pyrrole nitrogens is 1. The van der Waals surface area contributed by atoms with Crippen LogP contribution in [0.5, 0.6) is 11.5 Å². The predicted molar refractivity (Wildman–Crippen MR) is 95.3 cm³/mol. The van der Waals surface area contributed by atoms with Crippen molar-refractivity contribution in [3.05, 3.63) is 41.7 Å². The van der Waals surface area contributed by atoms with E-state index >= 15 is 0 Å². The SMILES string of the molecule is COc1ccccc1OCc1cc(C(=O)N2C[C@H](O)[C@@H](N(C)C)C2)n[nH]1. The number of aliphatic hydroxyl groups excluding tert-OH is 1. The normalized spacial score (nSPS) is 19.8. The third-order valence-corrected chi connectivity index (χ3v) is 4.51. The third-order valence-electron chi connectivity index (χ3n) is 4.51. The molecule has 0 radical (unpaired) electrons. The highest BCUT2D eigenvalue weighted by Crippen LogP contribution is 2.26. The van der Waals surface area contributed by atoms with Gasteiger partial charge in [-0.2, -0.15) is 5.10 Å². The number of hydrogen-bond acceptors (Lipinski definition) is 6. The van der Waals surface area contributed by atoms with Gasteiger partial charge in [0, 0.05) is 13.1 Å². The molecule has 1 aliphatic rings. The molecule has 1 aromatic carbocycles. The molecule has 0 bridgehead atoms. The highest BCUT2D eigenvalue weighted by Gasteiger charge is 2.36. The lowest BCUT2D eigenvalue weighted by Crippen LogP contribution is -2.38. The number of methoxy groups -OCH3 is 1. The van der Waals surface area contributed by atoms with Gasteiger partial charge in [0.2, 0.25) is 0 Å². The Morgan fingerprint density at radius 3 is 2.73 bits per heavy atom. The summed E-state index contributed by atoms with van der Waals surface area (Å²) in [6.07, 6.45) is -0.554. The lowest BCUT2D eigenvalue weighted by Gasteiger charge is -2.21. The molecule has 1 aromatic heterocycles. The molecule has 1 saturated heterocycles. The van der Waals surface area contributed by atoms with Crippen LogP contribution >= 0.6 is 0 Å². The van der Waals surface area contributed by atoms with E-state index < -0.39 is 6.10 Å². The summed E-state index contributed by atoms with van der Waals surface area (Å²) in [4.78, 5) is 16.1. The number of nitrogens with zero attached hydrogens (tertiary/aromatic N) is 3. The Bertz CT molecular complexity index is 761. The molecule has 2 atom stereocenters. The summed E-state index contributed by atoms with van der Waals surface area (Å²) in [6.45, 7) is 1.03. The zero-order valence-corrected chi connectivity index (χ0v) is 15.2. The summed E-state index contributed by atoms with van der Waals surface area (Å²) in [5, 5.41) is 17.0. The van der Waals surface area contributed by atoms with E-state index in [0.717, 1.165) is 0 Å². The largest absolute Gasteiger partial charge is 0.493 e. The molecule has 2 N–H and O–H groups in total. The summed E-state index contributed by atoms with van der Waals surface area (Å²) >= 11 is 0. The minimum atomic E-state index is -0.554. The number of nitrogens with one attached hydrogen (secondary N) is 1. The van der Waals surface area contributed by atoms with Crippen LogP contribution in [-0.4, -0.2) is 77.5 Å². The van der Waals surface area contributed by atoms with Gasteiger partial charge in [-0.1, -0.05) is 12.1 Å². The van der Waals surface area contributed by atoms with Crippen LogP contribution in [0.15, 0.2) is 30.3 Å². The van der Waals surface area contributed by atoms with E-state index in [1.165, 1.54) is 0 Å². The van der Waals surface area contributed by atoms with Crippen LogP contribution in [0.4, 0.5) is 0 Å². The smallest absolute Gasteiger partial charge is 0.274 e. The molecule has 0 unspecified atom stereocenters. The fourth-order valence-electron chi connectivity index (χ4n) is 3.04. The van der Waals surface area contributed by atoms with Crippen LogP contribution in [0.1, 0.15) is 16.2 Å². The average Bonchev–Trinajstić information content (AvgIpc) is 3.26. The number of likely N-dealkylation sites (N-methyl/N-ethyl adjacent to an activating group) is 1. The molecule has 1 amide bonds. The molecule has 8 heteroatoms. The van der Waals surface area contributed by atoms with Gasteiger partial charge in [-0.15, -0.1) is 0 Å². The van der Waals surface area contributed by atoms with Crippen molar-refractivity contribution in [2.75, 3.05) is 34.3 Å². The molecule has 1 fully saturated rings. The number of likely N-dealkylation sites (tertiary alicyclic amines) is 1. The van der Waals surface area contributed by atoms with E-state index in [2.05, 4.69) is 10.2 Å². The Balaban J connectivity index is 1.62. The average molecular weight is 360 g/mol. The van der Waals surface area contributed by atoms with Gasteiger partial charge in [0.15, 0.2) is 17.2 Å². The quantitative estimate of drug-likeness (QED) is 0.790. The Hall–Kier alpha value is -2.58. The monoisotopic (exact) mass is 360 g/mol. The maximum atomic E-state index is 12.6. The number of carbonyl (C=O) groups is 1. The maximum Gasteiger partial charge on any atom is 0.274 e. The Morgan fingerprint density at radius 2 is 2.08 bits per heavy atom. The van der Waals surface area contributed by atoms with E-state index in [0.29, 0.717) is 36.0 Å². The second-order valence-electron chi connectivity index (χ2n) is 6.53. The molecule has 1 aliphatic heterocycles. The minimum Gasteiger partial charge on any atom is -0.493 e. The topological polar surface area (TPSA) is 90.9 Å². The zero-order chi connectivity index (χ0) is 18.7. The van der Waals surface area contributed by atoms with Gasteiger partial charge in [0.25, 0.3) is 5.91 Å². The maximum absolute atomic E-state index is 12.6. The molecule has 3 rings (SSSR count). The number of amides is 1. The highest BCUT2D eigenvalue weighted by atomic mass is 16.5. The van der Waals surface area contributed by atoms with Crippen LogP contribution in [0.3, 0.4) is 0 Å². The molecular formula is C18H24N4O4. The standard InChI is InChI=1S/C18H24N4O4/c1-21(2)14-9-22(10-15(14)23)18(24)13-8-12(19-20-13)11-26-17-7-5-4-6-16(17)25-3/h4-8,14-15,23H,9-11H2,1-3H3,(H,19,20)/t14-,15-/m0/s1. The molecular weight excluding hydrogens is 336 g/mol. The first-order valence-corrected chi connectivity index (χ1v) is 8.43. The van der Waals surface area contributed by atoms with Crippen molar-refractivity contribution in [3.8, 4) is 11.5 Å². The van der Waals surface area contributed by atoms with Gasteiger partial charge in [-0.05, 0) is 32.3 Å². The number of hydrogen-bond donors (Lipinski definition) is 2. The second kappa shape index (κ2) is 7.76. The van der Waals surface area contributed by atoms with Crippen molar-refractivity contribution in [3.63, 3.8) is 0 Å². The Kier molecular flexibility index (Phi) is 5.43. The summed E-state index contributed by atoms with van der Waals surface area (Å²) in [5.41, 5.74) is 0.999. The number of carbonyl (C=O) groups excluding carboxylic acids is 1. The lowest BCUT2D eigenvalue weighted by atomic mass is 10.2. The first kappa shape index (κ1) is 18.2. The summed E-state index contributed by atoms with van der Waals surface area (Å²) in [5.74, 6) is 1.06. The number of β-amino-alcohol motifs (C(OH)–C–C–N with tert-alkyl or cyclic N) is 1. The lowest BCUT2D eigenvalue weighted by molar-refractivity contribution is 0.0758. The third kappa shape index (κ3) is 3.81. The van der Waals surface area contributed by atoms with E-state index in [1.807, 2.05) is 43.3 Å². The van der Waals surface area contributed by atoms with Crippen LogP contribution in [0.25, 0.3) is 0 Å². The molecule has 26 heavy (non-hydrogen) atoms. The fourth-order valence-corrected chi connectivity index (χ4v) is 3.04. The van der Waals surface area contributed by atoms with Gasteiger partial charge < -0.3 is 24.4 Å². The van der Waals surface area contributed by atoms with Crippen LogP contribution in [0, 0.1) is 0 Å². The highest BCUT2D eigenvalue weighted by molar-refractivity contribution is 5.92. The van der Waals surface area contributed by atoms with E-state index in [9.17, 15) is 9.90 Å². The Labute approximate surface area is 152 Å². The fraction of sp³-hybridized carbons (Fsp3) is 0.444. The van der Waals surface area contributed by atoms with Gasteiger partial charge >= 0.3 is 0 Å². The van der Waals surface area contributed by atoms with Crippen molar-refractivity contribution in [2.24, 2.45) is 0 Å². The number of para-hydroxylation sites is 2. The second-order valence-corrected chi connectivity index (χ2v) is 6.53. The van der Waals surface area contributed by atoms with Crippen molar-refractivity contribution in [1.29, 1.82) is 0 Å². The molecule has 140 valence electrons. The Morgan fingerprint density at radius 1 is 1.35 bits per heavy atom. The van der Waals surface area contributed by atoms with Gasteiger partial charge in [-0.25, -0.2) is 0 Å². The zero-order valence-electron chi connectivity index (χ0n) is 15.2. The number of rotatable bonds is 6. The van der Waals surface area contributed by atoms with Crippen molar-refractivity contribution in [1.82, 2.24) is 20.0 Å². The van der Waals surface area contributed by atoms with Crippen molar-refractivity contribution in [2.45, 2.75) is 18.8 Å². The molecule has 0 aliphatic carbocycles. The molecule has 2 aromatic rings. The van der Waals surface area contributed by atoms with E-state index in [4.69, 9.17) is 9.47 Å². The van der Waals surface area contributed by atoms with E-state index in [-0.39, 0.29) is 18.6 Å². The van der Waals surface area contributed by atoms with Crippen LogP contribution in [0.2, 0.25) is 0 Å². The number of aliphatic hydroxyl groups is 1. The summed E-state index contributed by atoms with van der Waals surface area (Å²) < 4.78 is 11.0. The number of aromatic amines is 1. The van der Waals surface area contributed by atoms with Gasteiger partial charge in [0.05, 0.1) is 24.9 Å². The van der Waals surface area contributed by atoms with Gasteiger partial charge in [0.1, 0.15) is 6.61 Å². The number of aromatic nitrogens is 2. The van der Waals surface area contributed by atoms with Crippen LogP contribution in [-0.2, 0) is 6.61 Å². The summed E-state index contributed by atoms with van der Waals surface area (Å²) in [7, 11) is 5.37. The summed E-state index contributed by atoms with van der Waals surface area (Å²) in [6, 6.07) is 8.97. The minimum absolute atomic E-state index is 0.0637. The molecule has 0 spiro atoms. The van der Waals surface area contributed by atoms with Crippen molar-refractivity contribution < 1.29 is 19.4 Å². The van der Waals surface area contributed by atoms with Gasteiger partial charge in [-0.3, -0.25) is 9.89 Å². The molecule has 2 heterocycles. The first-order chi connectivity index (χ1) is 12.5. The molecule has 0 saturated carbocycles.